The zero-order chi connectivity index (χ0) is 14.1. The Morgan fingerprint density at radius 1 is 1.60 bits per heavy atom. The largest absolute Gasteiger partial charge is 0.353 e. The van der Waals surface area contributed by atoms with Gasteiger partial charge in [-0.1, -0.05) is 0 Å². The van der Waals surface area contributed by atoms with E-state index in [1.54, 1.807) is 11.3 Å². The molecular formula is C14H20ClN3OS. The van der Waals surface area contributed by atoms with Crippen LogP contribution in [0.4, 0.5) is 0 Å². The second-order valence-corrected chi connectivity index (χ2v) is 6.90. The molecule has 1 aromatic rings. The van der Waals surface area contributed by atoms with Gasteiger partial charge < -0.3 is 5.32 Å². The lowest BCUT2D eigenvalue weighted by atomic mass is 9.84. The fourth-order valence-electron chi connectivity index (χ4n) is 3.22. The molecule has 2 aliphatic rings. The Morgan fingerprint density at radius 2 is 2.45 bits per heavy atom. The first-order valence-electron chi connectivity index (χ1n) is 7.21. The Balaban J connectivity index is 1.65. The molecule has 20 heavy (non-hydrogen) atoms. The molecule has 0 spiro atoms. The van der Waals surface area contributed by atoms with Gasteiger partial charge in [-0.15, -0.1) is 22.9 Å². The van der Waals surface area contributed by atoms with E-state index in [2.05, 4.69) is 22.1 Å². The highest BCUT2D eigenvalue weighted by atomic mass is 35.5. The number of amides is 1. The Hall–Kier alpha value is -0.650. The van der Waals surface area contributed by atoms with E-state index in [0.717, 1.165) is 36.6 Å². The zero-order valence-corrected chi connectivity index (χ0v) is 13.2. The van der Waals surface area contributed by atoms with E-state index in [0.29, 0.717) is 30.3 Å². The van der Waals surface area contributed by atoms with E-state index < -0.39 is 0 Å². The molecule has 0 bridgehead atoms. The number of aromatic nitrogens is 1. The van der Waals surface area contributed by atoms with Gasteiger partial charge >= 0.3 is 0 Å². The van der Waals surface area contributed by atoms with Crippen molar-refractivity contribution in [3.63, 3.8) is 0 Å². The van der Waals surface area contributed by atoms with Gasteiger partial charge in [-0.2, -0.15) is 0 Å². The van der Waals surface area contributed by atoms with Gasteiger partial charge in [-0.05, 0) is 25.7 Å². The molecule has 2 aliphatic heterocycles. The first-order chi connectivity index (χ1) is 9.67. The van der Waals surface area contributed by atoms with Gasteiger partial charge in [0.2, 0.25) is 5.91 Å². The van der Waals surface area contributed by atoms with E-state index in [4.69, 9.17) is 11.6 Å². The third-order valence-corrected chi connectivity index (χ3v) is 5.80. The number of hydrogen-bond donors (Lipinski definition) is 1. The third kappa shape index (κ3) is 2.85. The van der Waals surface area contributed by atoms with E-state index in [1.165, 1.54) is 0 Å². The predicted octanol–water partition coefficient (Wildman–Crippen LogP) is 2.54. The molecule has 3 unspecified atom stereocenters. The molecule has 1 amide bonds. The number of alkyl halides is 1. The first kappa shape index (κ1) is 14.3. The van der Waals surface area contributed by atoms with Crippen molar-refractivity contribution in [2.75, 3.05) is 13.1 Å². The number of nitrogens with one attached hydrogen (secondary N) is 1. The summed E-state index contributed by atoms with van der Waals surface area (Å²) in [4.78, 5) is 18.5. The summed E-state index contributed by atoms with van der Waals surface area (Å²) in [6.45, 7) is 4.30. The van der Waals surface area contributed by atoms with Gasteiger partial charge in [0.15, 0.2) is 0 Å². The number of nitrogens with zero attached hydrogens (tertiary/aromatic N) is 2. The molecule has 4 nitrogen and oxygen atoms in total. The number of rotatable bonds is 3. The Labute approximate surface area is 128 Å². The first-order valence-corrected chi connectivity index (χ1v) is 8.62. The van der Waals surface area contributed by atoms with Gasteiger partial charge in [0.1, 0.15) is 5.01 Å². The number of piperidine rings is 2. The molecule has 110 valence electrons. The molecular weight excluding hydrogens is 294 g/mol. The summed E-state index contributed by atoms with van der Waals surface area (Å²) in [7, 11) is 0. The average Bonchev–Trinajstić information content (AvgIpc) is 2.95. The van der Waals surface area contributed by atoms with Gasteiger partial charge in [0, 0.05) is 30.9 Å². The lowest BCUT2D eigenvalue weighted by molar-refractivity contribution is -0.125. The van der Waals surface area contributed by atoms with Crippen molar-refractivity contribution in [3.8, 4) is 0 Å². The van der Waals surface area contributed by atoms with E-state index in [1.807, 2.05) is 5.38 Å². The summed E-state index contributed by atoms with van der Waals surface area (Å²) in [5.74, 6) is 1.30. The van der Waals surface area contributed by atoms with Crippen LogP contribution in [0.3, 0.4) is 0 Å². The molecule has 0 radical (unpaired) electrons. The minimum absolute atomic E-state index is 0.222. The lowest BCUT2D eigenvalue weighted by Gasteiger charge is -2.43. The number of carbonyl (C=O) groups is 1. The highest BCUT2D eigenvalue weighted by molar-refractivity contribution is 7.09. The summed E-state index contributed by atoms with van der Waals surface area (Å²) in [5, 5.41) is 6.33. The van der Waals surface area contributed by atoms with Crippen LogP contribution in [0.25, 0.3) is 0 Å². The molecule has 1 N–H and O–H groups in total. The summed E-state index contributed by atoms with van der Waals surface area (Å²) in [6, 6.07) is 0.727. The standard InChI is InChI=1S/C14H20ClN3OS/c1-9(14-16-11(6-15)8-20-14)18-5-4-12-10(7-18)2-3-13(19)17-12/h8-10,12H,2-7H2,1H3,(H,17,19). The molecule has 3 rings (SSSR count). The van der Waals surface area contributed by atoms with Crippen LogP contribution >= 0.6 is 22.9 Å². The van der Waals surface area contributed by atoms with Crippen LogP contribution in [-0.4, -0.2) is 34.9 Å². The van der Waals surface area contributed by atoms with Crippen LogP contribution in [0, 0.1) is 5.92 Å². The maximum atomic E-state index is 11.4. The zero-order valence-electron chi connectivity index (χ0n) is 11.6. The molecule has 0 aromatic carbocycles. The quantitative estimate of drug-likeness (QED) is 0.872. The van der Waals surface area contributed by atoms with Crippen molar-refractivity contribution < 1.29 is 4.79 Å². The molecule has 6 heteroatoms. The van der Waals surface area contributed by atoms with Crippen molar-refractivity contribution in [2.45, 2.75) is 44.1 Å². The van der Waals surface area contributed by atoms with Crippen LogP contribution in [-0.2, 0) is 10.7 Å². The summed E-state index contributed by atoms with van der Waals surface area (Å²) >= 11 is 7.52. The van der Waals surface area contributed by atoms with Crippen molar-refractivity contribution in [3.05, 3.63) is 16.1 Å². The van der Waals surface area contributed by atoms with Crippen LogP contribution in [0.15, 0.2) is 5.38 Å². The summed E-state index contributed by atoms with van der Waals surface area (Å²) in [5.41, 5.74) is 0.971. The van der Waals surface area contributed by atoms with E-state index in [-0.39, 0.29) is 5.91 Å². The second kappa shape index (κ2) is 6.00. The number of likely N-dealkylation sites (tertiary alicyclic amines) is 1. The fraction of sp³-hybridized carbons (Fsp3) is 0.714. The molecule has 0 aliphatic carbocycles. The normalized spacial score (nSPS) is 28.8. The van der Waals surface area contributed by atoms with E-state index in [9.17, 15) is 4.79 Å². The average molecular weight is 314 g/mol. The van der Waals surface area contributed by atoms with Crippen molar-refractivity contribution in [1.82, 2.24) is 15.2 Å². The highest BCUT2D eigenvalue weighted by Crippen LogP contribution is 2.32. The van der Waals surface area contributed by atoms with Gasteiger partial charge in [-0.25, -0.2) is 4.98 Å². The molecule has 0 saturated carbocycles. The minimum Gasteiger partial charge on any atom is -0.353 e. The highest BCUT2D eigenvalue weighted by Gasteiger charge is 2.35. The fourth-order valence-corrected chi connectivity index (χ4v) is 4.36. The number of hydrogen-bond acceptors (Lipinski definition) is 4. The van der Waals surface area contributed by atoms with Crippen LogP contribution in [0.2, 0.25) is 0 Å². The number of thiazole rings is 1. The smallest absolute Gasteiger partial charge is 0.220 e. The molecule has 2 fully saturated rings. The van der Waals surface area contributed by atoms with Crippen LogP contribution in [0.5, 0.6) is 0 Å². The Kier molecular flexibility index (Phi) is 4.29. The number of fused-ring (bicyclic) bond motifs is 1. The third-order valence-electron chi connectivity index (χ3n) is 4.47. The molecule has 1 aromatic heterocycles. The van der Waals surface area contributed by atoms with Crippen LogP contribution in [0.1, 0.15) is 42.9 Å². The SMILES string of the molecule is CC(c1nc(CCl)cs1)N1CCC2NC(=O)CCC2C1. The maximum Gasteiger partial charge on any atom is 0.220 e. The van der Waals surface area contributed by atoms with Crippen molar-refractivity contribution in [1.29, 1.82) is 0 Å². The summed E-state index contributed by atoms with van der Waals surface area (Å²) < 4.78 is 0. The maximum absolute atomic E-state index is 11.4. The Morgan fingerprint density at radius 3 is 3.20 bits per heavy atom. The Bertz CT molecular complexity index is 493. The van der Waals surface area contributed by atoms with Crippen LogP contribution < -0.4 is 5.32 Å². The summed E-state index contributed by atoms with van der Waals surface area (Å²) in [6.07, 6.45) is 2.75. The van der Waals surface area contributed by atoms with Gasteiger partial charge in [0.05, 0.1) is 17.6 Å². The van der Waals surface area contributed by atoms with Gasteiger partial charge in [0.25, 0.3) is 0 Å². The monoisotopic (exact) mass is 313 g/mol. The van der Waals surface area contributed by atoms with Crippen molar-refractivity contribution >= 4 is 28.8 Å². The molecule has 3 heterocycles. The van der Waals surface area contributed by atoms with E-state index >= 15 is 0 Å². The molecule has 2 saturated heterocycles. The second-order valence-electron chi connectivity index (χ2n) is 5.74. The minimum atomic E-state index is 0.222. The number of halogens is 1. The number of carbonyl (C=O) groups excluding carboxylic acids is 1. The van der Waals surface area contributed by atoms with Crippen molar-refractivity contribution in [2.24, 2.45) is 5.92 Å². The predicted molar refractivity (Wildman–Crippen MR) is 80.9 cm³/mol. The molecule has 3 atom stereocenters. The van der Waals surface area contributed by atoms with Gasteiger partial charge in [-0.3, -0.25) is 9.69 Å². The topological polar surface area (TPSA) is 45.2 Å². The lowest BCUT2D eigenvalue weighted by Crippen LogP contribution is -2.54.